The number of Topliss-reactive ketones (excluding diaryl/α,β-unsaturated/α-hetero) is 4. The SMILES string of the molecule is C=C1CCC(=O)C1C.CC.CC(=O)c1ccc(C)cc1C.CC(C)C.CCCC(=O)c1c(Cl)c(C(C)=O)cc(Cl)c1C(C)(c1cc2c3c(c1C)CCCN3CCC2)c1cc2c3c(c1CCC)CCCN3CCC2. The molecule has 1 fully saturated rings. The second-order valence-electron chi connectivity index (χ2n) is 21.8. The van der Waals surface area contributed by atoms with Crippen LogP contribution in [0.15, 0.2) is 48.6 Å². The van der Waals surface area contributed by atoms with E-state index < -0.39 is 5.41 Å². The van der Waals surface area contributed by atoms with E-state index in [0.29, 0.717) is 34.8 Å². The fourth-order valence-electron chi connectivity index (χ4n) is 12.0. The number of benzene rings is 4. The molecule has 8 heteroatoms. The first-order chi connectivity index (χ1) is 34.7. The van der Waals surface area contributed by atoms with Crippen LogP contribution in [-0.2, 0) is 42.3 Å². The predicted molar refractivity (Wildman–Crippen MR) is 311 cm³/mol. The van der Waals surface area contributed by atoms with Crippen LogP contribution in [0.25, 0.3) is 0 Å². The molecule has 0 saturated heterocycles. The molecule has 1 aliphatic carbocycles. The van der Waals surface area contributed by atoms with Crippen LogP contribution < -0.4 is 9.80 Å². The van der Waals surface area contributed by atoms with Crippen LogP contribution in [0.1, 0.15) is 226 Å². The smallest absolute Gasteiger partial charge is 0.164 e. The lowest BCUT2D eigenvalue weighted by atomic mass is 9.63. The van der Waals surface area contributed by atoms with E-state index >= 15 is 0 Å². The summed E-state index contributed by atoms with van der Waals surface area (Å²) >= 11 is 14.7. The number of anilines is 2. The lowest BCUT2D eigenvalue weighted by molar-refractivity contribution is -0.119. The maximum atomic E-state index is 14.4. The van der Waals surface area contributed by atoms with Crippen LogP contribution in [0, 0.1) is 32.6 Å². The predicted octanol–water partition coefficient (Wildman–Crippen LogP) is 16.9. The molecule has 0 radical (unpaired) electrons. The number of halogens is 2. The Morgan fingerprint density at radius 1 is 0.726 bits per heavy atom. The van der Waals surface area contributed by atoms with Gasteiger partial charge < -0.3 is 9.80 Å². The van der Waals surface area contributed by atoms with Crippen LogP contribution in [0.5, 0.6) is 0 Å². The molecule has 0 spiro atoms. The normalized spacial score (nSPS) is 17.0. The third-order valence-electron chi connectivity index (χ3n) is 15.4. The molecule has 1 saturated carbocycles. The summed E-state index contributed by atoms with van der Waals surface area (Å²) in [6.45, 7) is 36.7. The van der Waals surface area contributed by atoms with Crippen LogP contribution in [0.3, 0.4) is 0 Å². The third kappa shape index (κ3) is 12.9. The molecule has 4 aromatic carbocycles. The molecule has 73 heavy (non-hydrogen) atoms. The highest BCUT2D eigenvalue weighted by atomic mass is 35.5. The Morgan fingerprint density at radius 3 is 1.71 bits per heavy atom. The number of allylic oxidation sites excluding steroid dienone is 1. The number of rotatable bonds is 10. The van der Waals surface area contributed by atoms with Crippen molar-refractivity contribution >= 4 is 57.7 Å². The first kappa shape index (κ1) is 59.4. The number of hydrogen-bond acceptors (Lipinski definition) is 6. The van der Waals surface area contributed by atoms with Crippen molar-refractivity contribution in [3.05, 3.63) is 136 Å². The molecule has 5 aliphatic rings. The van der Waals surface area contributed by atoms with E-state index in [9.17, 15) is 19.2 Å². The Hall–Kier alpha value is -4.52. The maximum Gasteiger partial charge on any atom is 0.164 e. The van der Waals surface area contributed by atoms with E-state index in [1.165, 1.54) is 68.4 Å². The van der Waals surface area contributed by atoms with Gasteiger partial charge in [-0.05, 0) is 180 Å². The highest BCUT2D eigenvalue weighted by molar-refractivity contribution is 6.39. The summed E-state index contributed by atoms with van der Waals surface area (Å²) in [4.78, 5) is 54.2. The highest BCUT2D eigenvalue weighted by Crippen LogP contribution is 2.54. The van der Waals surface area contributed by atoms with E-state index in [2.05, 4.69) is 70.1 Å². The minimum absolute atomic E-state index is 0.0423. The first-order valence-electron chi connectivity index (χ1n) is 27.9. The number of ketones is 4. The number of nitrogens with zero attached hydrogens (tertiary/aromatic N) is 2. The summed E-state index contributed by atoms with van der Waals surface area (Å²) in [6, 6.07) is 12.6. The van der Waals surface area contributed by atoms with E-state index in [4.69, 9.17) is 23.2 Å². The molecular weight excluding hydrogens is 944 g/mol. The number of aryl methyl sites for hydroxylation is 4. The van der Waals surface area contributed by atoms with Crippen LogP contribution in [0.2, 0.25) is 10.0 Å². The Morgan fingerprint density at radius 2 is 1.25 bits per heavy atom. The van der Waals surface area contributed by atoms with E-state index in [0.717, 1.165) is 131 Å². The van der Waals surface area contributed by atoms with Gasteiger partial charge in [-0.2, -0.15) is 0 Å². The first-order valence-corrected chi connectivity index (χ1v) is 28.6. The van der Waals surface area contributed by atoms with Gasteiger partial charge in [-0.25, -0.2) is 0 Å². The second kappa shape index (κ2) is 26.3. The zero-order valence-corrected chi connectivity index (χ0v) is 48.8. The molecule has 0 aromatic heterocycles. The zero-order chi connectivity index (χ0) is 54.1. The number of hydrogen-bond donors (Lipinski definition) is 0. The number of carbonyl (C=O) groups is 4. The van der Waals surface area contributed by atoms with Crippen molar-refractivity contribution in [3.63, 3.8) is 0 Å². The van der Waals surface area contributed by atoms with E-state index in [1.807, 2.05) is 59.7 Å². The van der Waals surface area contributed by atoms with E-state index in [-0.39, 0.29) is 28.3 Å². The van der Waals surface area contributed by atoms with Gasteiger partial charge in [0.2, 0.25) is 0 Å². The Balaban J connectivity index is 0.000000323. The largest absolute Gasteiger partial charge is 0.371 e. The molecule has 0 N–H and O–H groups in total. The Kier molecular flexibility index (Phi) is 21.4. The number of carbonyl (C=O) groups excluding carboxylic acids is 4. The fourth-order valence-corrected chi connectivity index (χ4v) is 12.8. The maximum absolute atomic E-state index is 14.4. The molecule has 4 aliphatic heterocycles. The standard InChI is InChI=1S/C42H50Cl2N2O2.C10H12O.C7H10O.C4H10.C2H6/c1-6-12-30-31-17-11-21-46-19-9-15-28(41(31)46)23-34(30)42(5,33-22-27-14-8-18-45-20-10-16-29(25(33)3)40(27)45)38-35(43)24-32(26(4)47)39(44)37(38)36(48)13-7-2;1-7-4-5-10(9(3)11)8(2)6-7;1-5-3-4-7(8)6(5)2;1-4(2)3;1-2/h22-24H,6-21H2,1-5H3;4-6H,1-3H3;6H,1,3-4H2,2H3;4H,1-3H3;1-2H3. The minimum Gasteiger partial charge on any atom is -0.371 e. The summed E-state index contributed by atoms with van der Waals surface area (Å²) < 4.78 is 0. The Labute approximate surface area is 451 Å². The van der Waals surface area contributed by atoms with Gasteiger partial charge in [-0.1, -0.05) is 133 Å². The monoisotopic (exact) mass is 1030 g/mol. The average Bonchev–Trinajstić information content (AvgIpc) is 3.64. The van der Waals surface area contributed by atoms with Crippen molar-refractivity contribution in [2.45, 2.75) is 192 Å². The van der Waals surface area contributed by atoms with Gasteiger partial charge in [0, 0.05) is 83.4 Å². The average molecular weight is 1030 g/mol. The molecule has 4 heterocycles. The van der Waals surface area contributed by atoms with E-state index in [1.54, 1.807) is 13.0 Å². The molecule has 4 aromatic rings. The van der Waals surface area contributed by atoms with Gasteiger partial charge in [0.25, 0.3) is 0 Å². The molecule has 0 bridgehead atoms. The quantitative estimate of drug-likeness (QED) is 0.0895. The molecule has 0 amide bonds. The second-order valence-corrected chi connectivity index (χ2v) is 22.6. The summed E-state index contributed by atoms with van der Waals surface area (Å²) in [6.07, 6.45) is 13.5. The van der Waals surface area contributed by atoms with Crippen LogP contribution in [-0.4, -0.2) is 49.3 Å². The van der Waals surface area contributed by atoms with Crippen molar-refractivity contribution in [2.75, 3.05) is 36.0 Å². The Bertz CT molecular complexity index is 2670. The summed E-state index contributed by atoms with van der Waals surface area (Å²) in [5, 5.41) is 0.701. The van der Waals surface area contributed by atoms with Gasteiger partial charge in [0.05, 0.1) is 5.02 Å². The van der Waals surface area contributed by atoms with Gasteiger partial charge in [-0.3, -0.25) is 19.2 Å². The molecule has 6 nitrogen and oxygen atoms in total. The molecule has 2 atom stereocenters. The summed E-state index contributed by atoms with van der Waals surface area (Å²) in [5.41, 5.74) is 18.8. The van der Waals surface area contributed by atoms with Gasteiger partial charge in [0.15, 0.2) is 17.3 Å². The molecule has 2 unspecified atom stereocenters. The fraction of sp³-hybridized carbons (Fsp3) is 0.538. The van der Waals surface area contributed by atoms with Crippen molar-refractivity contribution in [2.24, 2.45) is 11.8 Å². The van der Waals surface area contributed by atoms with Gasteiger partial charge >= 0.3 is 0 Å². The van der Waals surface area contributed by atoms with Crippen molar-refractivity contribution < 1.29 is 19.2 Å². The van der Waals surface area contributed by atoms with Gasteiger partial charge in [0.1, 0.15) is 5.78 Å². The molecule has 396 valence electrons. The van der Waals surface area contributed by atoms with Crippen molar-refractivity contribution in [3.8, 4) is 0 Å². The lowest BCUT2D eigenvalue weighted by Gasteiger charge is -2.44. The minimum atomic E-state index is -0.778. The van der Waals surface area contributed by atoms with Crippen molar-refractivity contribution in [1.82, 2.24) is 0 Å². The highest BCUT2D eigenvalue weighted by Gasteiger charge is 2.44. The molecular formula is C65H88Cl2N2O4. The van der Waals surface area contributed by atoms with Gasteiger partial charge in [-0.15, -0.1) is 0 Å². The zero-order valence-electron chi connectivity index (χ0n) is 47.3. The topological polar surface area (TPSA) is 74.8 Å². The summed E-state index contributed by atoms with van der Waals surface area (Å²) in [7, 11) is 0. The summed E-state index contributed by atoms with van der Waals surface area (Å²) in [5.74, 6) is 1.26. The van der Waals surface area contributed by atoms with Crippen molar-refractivity contribution in [1.29, 1.82) is 0 Å². The lowest BCUT2D eigenvalue weighted by Crippen LogP contribution is -2.38. The van der Waals surface area contributed by atoms with Crippen LogP contribution in [0.4, 0.5) is 11.4 Å². The molecule has 9 rings (SSSR count). The van der Waals surface area contributed by atoms with Crippen LogP contribution >= 0.6 is 23.2 Å². The third-order valence-corrected chi connectivity index (χ3v) is 16.1.